The number of amides is 1. The van der Waals surface area contributed by atoms with Crippen molar-refractivity contribution in [3.8, 4) is 0 Å². The van der Waals surface area contributed by atoms with Crippen LogP contribution in [0.25, 0.3) is 0 Å². The highest BCUT2D eigenvalue weighted by molar-refractivity contribution is 5.95. The lowest BCUT2D eigenvalue weighted by Gasteiger charge is -2.18. The van der Waals surface area contributed by atoms with Crippen LogP contribution in [0.4, 0.5) is 14.5 Å². The maximum Gasteiger partial charge on any atom is 0.257 e. The van der Waals surface area contributed by atoms with E-state index in [1.54, 1.807) is 0 Å². The molecular formula is C14H18F2N2O2. The van der Waals surface area contributed by atoms with Crippen molar-refractivity contribution in [1.29, 1.82) is 0 Å². The Kier molecular flexibility index (Phi) is 4.54. The quantitative estimate of drug-likeness (QED) is 0.736. The second kappa shape index (κ2) is 6.17. The number of carbonyl (C=O) groups excluding carboxylic acids is 1. The van der Waals surface area contributed by atoms with Crippen LogP contribution in [0.15, 0.2) is 12.1 Å². The van der Waals surface area contributed by atoms with E-state index in [9.17, 15) is 18.7 Å². The largest absolute Gasteiger partial charge is 0.396 e. The molecule has 1 saturated carbocycles. The predicted octanol–water partition coefficient (Wildman–Crippen LogP) is 1.69. The van der Waals surface area contributed by atoms with Gasteiger partial charge in [-0.05, 0) is 36.8 Å². The van der Waals surface area contributed by atoms with E-state index in [0.717, 1.165) is 31.4 Å². The average molecular weight is 284 g/mol. The highest BCUT2D eigenvalue weighted by Crippen LogP contribution is 2.30. The highest BCUT2D eigenvalue weighted by Gasteiger charge is 2.28. The summed E-state index contributed by atoms with van der Waals surface area (Å²) in [6.45, 7) is 0.374. The third-order valence-electron chi connectivity index (χ3n) is 3.92. The van der Waals surface area contributed by atoms with Crippen LogP contribution in [-0.2, 0) is 0 Å². The minimum atomic E-state index is -1.03. The standard InChI is InChI=1S/C14H18F2N2O2/c15-10-4-5-11(17)13(16)12(10)14(20)18-6-8-2-1-3-9(8)7-19/h4-5,8-9,19H,1-3,6-7,17H2,(H,18,20). The van der Waals surface area contributed by atoms with Crippen molar-refractivity contribution in [2.45, 2.75) is 19.3 Å². The first kappa shape index (κ1) is 14.7. The minimum Gasteiger partial charge on any atom is -0.396 e. The van der Waals surface area contributed by atoms with Gasteiger partial charge in [0.1, 0.15) is 11.4 Å². The van der Waals surface area contributed by atoms with Crippen molar-refractivity contribution in [3.63, 3.8) is 0 Å². The Morgan fingerprint density at radius 2 is 2.05 bits per heavy atom. The summed E-state index contributed by atoms with van der Waals surface area (Å²) in [6.07, 6.45) is 2.80. The fourth-order valence-corrected chi connectivity index (χ4v) is 2.71. The van der Waals surface area contributed by atoms with E-state index in [4.69, 9.17) is 5.73 Å². The first-order valence-corrected chi connectivity index (χ1v) is 6.67. The third kappa shape index (κ3) is 2.90. The van der Waals surface area contributed by atoms with Crippen LogP contribution < -0.4 is 11.1 Å². The molecule has 1 aromatic rings. The summed E-state index contributed by atoms with van der Waals surface area (Å²) in [6, 6.07) is 2.06. The van der Waals surface area contributed by atoms with Crippen LogP contribution in [-0.4, -0.2) is 24.2 Å². The Hall–Kier alpha value is -1.69. The van der Waals surface area contributed by atoms with E-state index in [-0.39, 0.29) is 24.1 Å². The lowest BCUT2D eigenvalue weighted by atomic mass is 9.97. The molecule has 1 aliphatic carbocycles. The molecule has 1 aliphatic rings. The van der Waals surface area contributed by atoms with Gasteiger partial charge in [0.25, 0.3) is 5.91 Å². The smallest absolute Gasteiger partial charge is 0.257 e. The summed E-state index contributed by atoms with van der Waals surface area (Å²) in [5.74, 6) is -2.48. The number of halogens is 2. The molecule has 1 fully saturated rings. The molecule has 2 rings (SSSR count). The SMILES string of the molecule is Nc1ccc(F)c(C(=O)NCC2CCCC2CO)c1F. The summed E-state index contributed by atoms with van der Waals surface area (Å²) in [5.41, 5.74) is 4.43. The minimum absolute atomic E-state index is 0.0710. The maximum atomic E-state index is 13.7. The molecule has 0 radical (unpaired) electrons. The lowest BCUT2D eigenvalue weighted by molar-refractivity contribution is 0.0929. The molecule has 0 heterocycles. The first-order valence-electron chi connectivity index (χ1n) is 6.67. The molecule has 20 heavy (non-hydrogen) atoms. The Morgan fingerprint density at radius 3 is 2.75 bits per heavy atom. The monoisotopic (exact) mass is 284 g/mol. The third-order valence-corrected chi connectivity index (χ3v) is 3.92. The van der Waals surface area contributed by atoms with Crippen molar-refractivity contribution in [3.05, 3.63) is 29.3 Å². The second-order valence-electron chi connectivity index (χ2n) is 5.17. The molecule has 2 atom stereocenters. The fourth-order valence-electron chi connectivity index (χ4n) is 2.71. The molecule has 1 aromatic carbocycles. The zero-order chi connectivity index (χ0) is 14.7. The lowest BCUT2D eigenvalue weighted by Crippen LogP contribution is -2.32. The van der Waals surface area contributed by atoms with E-state index in [1.807, 2.05) is 0 Å². The van der Waals surface area contributed by atoms with Crippen molar-refractivity contribution >= 4 is 11.6 Å². The first-order chi connectivity index (χ1) is 9.54. The van der Waals surface area contributed by atoms with E-state index in [0.29, 0.717) is 6.54 Å². The summed E-state index contributed by atoms with van der Waals surface area (Å²) in [4.78, 5) is 11.9. The molecule has 0 saturated heterocycles. The number of nitrogens with one attached hydrogen (secondary N) is 1. The zero-order valence-electron chi connectivity index (χ0n) is 11.0. The number of carbonyl (C=O) groups is 1. The number of benzene rings is 1. The maximum absolute atomic E-state index is 13.7. The fraction of sp³-hybridized carbons (Fsp3) is 0.500. The normalized spacial score (nSPS) is 21.9. The van der Waals surface area contributed by atoms with Gasteiger partial charge in [0.15, 0.2) is 5.82 Å². The zero-order valence-corrected chi connectivity index (χ0v) is 11.0. The van der Waals surface area contributed by atoms with Gasteiger partial charge in [-0.3, -0.25) is 4.79 Å². The van der Waals surface area contributed by atoms with Gasteiger partial charge in [0.05, 0.1) is 5.69 Å². The van der Waals surface area contributed by atoms with Gasteiger partial charge in [-0.1, -0.05) is 6.42 Å². The Labute approximate surface area is 116 Å². The van der Waals surface area contributed by atoms with Crippen LogP contribution in [0, 0.1) is 23.5 Å². The Morgan fingerprint density at radius 1 is 1.35 bits per heavy atom. The number of nitrogens with two attached hydrogens (primary N) is 1. The number of nitrogen functional groups attached to an aromatic ring is 1. The average Bonchev–Trinajstić information content (AvgIpc) is 2.88. The van der Waals surface area contributed by atoms with Gasteiger partial charge in [0.2, 0.25) is 0 Å². The number of rotatable bonds is 4. The van der Waals surface area contributed by atoms with Crippen LogP contribution in [0.3, 0.4) is 0 Å². The van der Waals surface area contributed by atoms with Gasteiger partial charge >= 0.3 is 0 Å². The Bertz CT molecular complexity index is 508. The van der Waals surface area contributed by atoms with Crippen LogP contribution in [0.5, 0.6) is 0 Å². The van der Waals surface area contributed by atoms with Gasteiger partial charge in [-0.2, -0.15) is 0 Å². The van der Waals surface area contributed by atoms with E-state index in [1.165, 1.54) is 0 Å². The van der Waals surface area contributed by atoms with Gasteiger partial charge in [0, 0.05) is 13.2 Å². The molecule has 0 bridgehead atoms. The number of aliphatic hydroxyl groups excluding tert-OH is 1. The molecule has 2 unspecified atom stereocenters. The molecule has 1 amide bonds. The second-order valence-corrected chi connectivity index (χ2v) is 5.17. The molecule has 0 spiro atoms. The van der Waals surface area contributed by atoms with E-state index < -0.39 is 23.1 Å². The van der Waals surface area contributed by atoms with Crippen molar-refractivity contribution in [2.24, 2.45) is 11.8 Å². The summed E-state index contributed by atoms with van der Waals surface area (Å²) in [5, 5.41) is 11.7. The van der Waals surface area contributed by atoms with E-state index in [2.05, 4.69) is 5.32 Å². The van der Waals surface area contributed by atoms with Crippen molar-refractivity contribution in [2.75, 3.05) is 18.9 Å². The predicted molar refractivity (Wildman–Crippen MR) is 71.0 cm³/mol. The topological polar surface area (TPSA) is 75.4 Å². The van der Waals surface area contributed by atoms with E-state index >= 15 is 0 Å². The van der Waals surface area contributed by atoms with Gasteiger partial charge in [-0.15, -0.1) is 0 Å². The highest BCUT2D eigenvalue weighted by atomic mass is 19.1. The number of hydrogen-bond acceptors (Lipinski definition) is 3. The van der Waals surface area contributed by atoms with Gasteiger partial charge in [-0.25, -0.2) is 8.78 Å². The van der Waals surface area contributed by atoms with Crippen LogP contribution in [0.2, 0.25) is 0 Å². The van der Waals surface area contributed by atoms with Crippen LogP contribution in [0.1, 0.15) is 29.6 Å². The molecular weight excluding hydrogens is 266 g/mol. The summed E-state index contributed by atoms with van der Waals surface area (Å²) >= 11 is 0. The van der Waals surface area contributed by atoms with Crippen LogP contribution >= 0.6 is 0 Å². The molecule has 4 nitrogen and oxygen atoms in total. The molecule has 6 heteroatoms. The molecule has 0 aromatic heterocycles. The summed E-state index contributed by atoms with van der Waals surface area (Å²) < 4.78 is 27.2. The Balaban J connectivity index is 2.04. The number of hydrogen-bond donors (Lipinski definition) is 3. The number of aliphatic hydroxyl groups is 1. The van der Waals surface area contributed by atoms with Crippen molar-refractivity contribution < 1.29 is 18.7 Å². The molecule has 0 aliphatic heterocycles. The molecule has 4 N–H and O–H groups in total. The van der Waals surface area contributed by atoms with Gasteiger partial charge < -0.3 is 16.2 Å². The number of anilines is 1. The molecule has 110 valence electrons. The van der Waals surface area contributed by atoms with Crippen molar-refractivity contribution in [1.82, 2.24) is 5.32 Å². The summed E-state index contributed by atoms with van der Waals surface area (Å²) in [7, 11) is 0.